The van der Waals surface area contributed by atoms with Gasteiger partial charge in [0, 0.05) is 24.8 Å². The molecule has 1 aliphatic heterocycles. The zero-order chi connectivity index (χ0) is 13.9. The third-order valence-corrected chi connectivity index (χ3v) is 6.67. The first-order valence-corrected chi connectivity index (χ1v) is 9.42. The summed E-state index contributed by atoms with van der Waals surface area (Å²) in [5, 5.41) is 10.6. The topological polar surface area (TPSA) is 57.6 Å². The second-order valence-electron chi connectivity index (χ2n) is 6.19. The molecule has 1 N–H and O–H groups in total. The lowest BCUT2D eigenvalue weighted by atomic mass is 9.71. The Morgan fingerprint density at radius 2 is 2.11 bits per heavy atom. The molecule has 1 heterocycles. The smallest absolute Gasteiger partial charge is 0.150 e. The molecule has 19 heavy (non-hydrogen) atoms. The maximum absolute atomic E-state index is 11.5. The van der Waals surface area contributed by atoms with Crippen molar-refractivity contribution in [2.24, 2.45) is 5.92 Å². The van der Waals surface area contributed by atoms with Crippen LogP contribution in [0.25, 0.3) is 0 Å². The maximum atomic E-state index is 11.5. The van der Waals surface area contributed by atoms with E-state index < -0.39 is 15.4 Å². The van der Waals surface area contributed by atoms with Crippen molar-refractivity contribution in [2.45, 2.75) is 51.0 Å². The molecule has 0 bridgehead atoms. The van der Waals surface area contributed by atoms with E-state index in [1.807, 2.05) is 0 Å². The van der Waals surface area contributed by atoms with Crippen LogP contribution in [-0.4, -0.2) is 55.2 Å². The second kappa shape index (κ2) is 6.10. The van der Waals surface area contributed by atoms with Crippen LogP contribution in [-0.2, 0) is 9.84 Å². The van der Waals surface area contributed by atoms with Crippen molar-refractivity contribution in [2.75, 3.05) is 31.1 Å². The molecule has 2 aliphatic rings. The highest BCUT2D eigenvalue weighted by molar-refractivity contribution is 7.91. The van der Waals surface area contributed by atoms with Crippen LogP contribution < -0.4 is 0 Å². The van der Waals surface area contributed by atoms with E-state index in [2.05, 4.69) is 4.90 Å². The lowest BCUT2D eigenvalue weighted by Gasteiger charge is -2.47. The Bertz CT molecular complexity index is 395. The number of rotatable bonds is 5. The van der Waals surface area contributed by atoms with Crippen LogP contribution in [0.3, 0.4) is 0 Å². The fraction of sp³-hybridized carbons (Fsp3) is 1.00. The highest BCUT2D eigenvalue weighted by atomic mass is 32.2. The standard InChI is InChI=1S/C14H27NO3S/c1-2-19(17,18)11-5-9-15-10-8-14(16)7-4-3-6-13(14)12-15/h13,16H,2-12H2,1H3. The lowest BCUT2D eigenvalue weighted by Crippen LogP contribution is -2.53. The predicted octanol–water partition coefficient (Wildman–Crippen LogP) is 1.44. The SMILES string of the molecule is CCS(=O)(=O)CCCN1CCC2(O)CCCCC2C1. The van der Waals surface area contributed by atoms with Crippen molar-refractivity contribution in [3.63, 3.8) is 0 Å². The monoisotopic (exact) mass is 289 g/mol. The highest BCUT2D eigenvalue weighted by Crippen LogP contribution is 2.39. The van der Waals surface area contributed by atoms with Crippen molar-refractivity contribution < 1.29 is 13.5 Å². The Kier molecular flexibility index (Phi) is 4.90. The first-order valence-electron chi connectivity index (χ1n) is 7.60. The average Bonchev–Trinajstić information content (AvgIpc) is 2.38. The normalized spacial score (nSPS) is 33.1. The van der Waals surface area contributed by atoms with Gasteiger partial charge in [-0.2, -0.15) is 0 Å². The largest absolute Gasteiger partial charge is 0.390 e. The second-order valence-corrected chi connectivity index (χ2v) is 8.66. The Balaban J connectivity index is 1.78. The molecule has 2 fully saturated rings. The van der Waals surface area contributed by atoms with Gasteiger partial charge in [0.2, 0.25) is 0 Å². The van der Waals surface area contributed by atoms with E-state index >= 15 is 0 Å². The molecule has 4 nitrogen and oxygen atoms in total. The number of sulfone groups is 1. The van der Waals surface area contributed by atoms with Crippen LogP contribution in [0.4, 0.5) is 0 Å². The van der Waals surface area contributed by atoms with Gasteiger partial charge >= 0.3 is 0 Å². The minimum absolute atomic E-state index is 0.245. The van der Waals surface area contributed by atoms with E-state index in [1.165, 1.54) is 6.42 Å². The quantitative estimate of drug-likeness (QED) is 0.832. The van der Waals surface area contributed by atoms with E-state index in [1.54, 1.807) is 6.92 Å². The van der Waals surface area contributed by atoms with Crippen LogP contribution in [0.15, 0.2) is 0 Å². The third kappa shape index (κ3) is 3.92. The Hall–Kier alpha value is -0.130. The fourth-order valence-corrected chi connectivity index (χ4v) is 4.35. The summed E-state index contributed by atoms with van der Waals surface area (Å²) >= 11 is 0. The zero-order valence-electron chi connectivity index (χ0n) is 12.0. The summed E-state index contributed by atoms with van der Waals surface area (Å²) in [5.41, 5.74) is -0.426. The van der Waals surface area contributed by atoms with Crippen LogP contribution in [0.2, 0.25) is 0 Å². The van der Waals surface area contributed by atoms with Gasteiger partial charge in [0.1, 0.15) is 9.84 Å². The van der Waals surface area contributed by atoms with E-state index in [0.717, 1.165) is 51.7 Å². The van der Waals surface area contributed by atoms with E-state index in [9.17, 15) is 13.5 Å². The van der Waals surface area contributed by atoms with Crippen molar-refractivity contribution in [3.05, 3.63) is 0 Å². The van der Waals surface area contributed by atoms with Crippen molar-refractivity contribution in [3.8, 4) is 0 Å². The molecule has 2 atom stereocenters. The summed E-state index contributed by atoms with van der Waals surface area (Å²) < 4.78 is 22.9. The molecule has 0 spiro atoms. The molecule has 5 heteroatoms. The molecule has 0 aromatic heterocycles. The van der Waals surface area contributed by atoms with E-state index in [0.29, 0.717) is 11.7 Å². The molecule has 2 rings (SSSR count). The lowest BCUT2D eigenvalue weighted by molar-refractivity contribution is -0.0951. The van der Waals surface area contributed by atoms with Crippen LogP contribution in [0.1, 0.15) is 45.4 Å². The van der Waals surface area contributed by atoms with Gasteiger partial charge in [-0.05, 0) is 32.2 Å². The highest BCUT2D eigenvalue weighted by Gasteiger charge is 2.42. The molecule has 0 radical (unpaired) electrons. The molecule has 1 saturated carbocycles. The van der Waals surface area contributed by atoms with Crippen LogP contribution in [0, 0.1) is 5.92 Å². The molecule has 0 aromatic rings. The van der Waals surface area contributed by atoms with Gasteiger partial charge in [-0.25, -0.2) is 8.42 Å². The molecule has 0 aromatic carbocycles. The Morgan fingerprint density at radius 1 is 1.32 bits per heavy atom. The summed E-state index contributed by atoms with van der Waals surface area (Å²) in [4.78, 5) is 2.34. The van der Waals surface area contributed by atoms with Crippen molar-refractivity contribution in [1.29, 1.82) is 0 Å². The number of nitrogens with zero attached hydrogens (tertiary/aromatic N) is 1. The summed E-state index contributed by atoms with van der Waals surface area (Å²) in [5.74, 6) is 0.947. The fourth-order valence-electron chi connectivity index (χ4n) is 3.50. The molecule has 1 saturated heterocycles. The number of likely N-dealkylation sites (tertiary alicyclic amines) is 1. The van der Waals surface area contributed by atoms with Crippen LogP contribution >= 0.6 is 0 Å². The van der Waals surface area contributed by atoms with Gasteiger partial charge < -0.3 is 10.0 Å². The van der Waals surface area contributed by atoms with Gasteiger partial charge in [-0.3, -0.25) is 0 Å². The zero-order valence-corrected chi connectivity index (χ0v) is 12.8. The maximum Gasteiger partial charge on any atom is 0.150 e. The first kappa shape index (κ1) is 15.3. The molecule has 2 unspecified atom stereocenters. The summed E-state index contributed by atoms with van der Waals surface area (Å²) in [6.45, 7) is 4.42. The van der Waals surface area contributed by atoms with E-state index in [-0.39, 0.29) is 5.75 Å². The third-order valence-electron chi connectivity index (χ3n) is 4.88. The van der Waals surface area contributed by atoms with Gasteiger partial charge in [-0.15, -0.1) is 0 Å². The van der Waals surface area contributed by atoms with Gasteiger partial charge in [0.05, 0.1) is 11.4 Å². The minimum Gasteiger partial charge on any atom is -0.390 e. The van der Waals surface area contributed by atoms with Gasteiger partial charge in [0.15, 0.2) is 0 Å². The number of fused-ring (bicyclic) bond motifs is 1. The number of hydrogen-bond donors (Lipinski definition) is 1. The number of hydrogen-bond acceptors (Lipinski definition) is 4. The number of piperidine rings is 1. The van der Waals surface area contributed by atoms with Gasteiger partial charge in [0.25, 0.3) is 0 Å². The van der Waals surface area contributed by atoms with Gasteiger partial charge in [-0.1, -0.05) is 19.8 Å². The summed E-state index contributed by atoms with van der Waals surface area (Å²) in [6, 6.07) is 0. The summed E-state index contributed by atoms with van der Waals surface area (Å²) in [7, 11) is -2.83. The minimum atomic E-state index is -2.83. The van der Waals surface area contributed by atoms with Crippen molar-refractivity contribution in [1.82, 2.24) is 4.90 Å². The molecule has 0 amide bonds. The molecule has 112 valence electrons. The Labute approximate surface area is 117 Å². The first-order chi connectivity index (χ1) is 8.95. The van der Waals surface area contributed by atoms with Crippen LogP contribution in [0.5, 0.6) is 0 Å². The number of aliphatic hydroxyl groups is 1. The molecule has 1 aliphatic carbocycles. The Morgan fingerprint density at radius 3 is 2.84 bits per heavy atom. The van der Waals surface area contributed by atoms with Crippen molar-refractivity contribution >= 4 is 9.84 Å². The van der Waals surface area contributed by atoms with E-state index in [4.69, 9.17) is 0 Å². The average molecular weight is 289 g/mol. The molecular weight excluding hydrogens is 262 g/mol. The predicted molar refractivity (Wildman–Crippen MR) is 76.9 cm³/mol. The summed E-state index contributed by atoms with van der Waals surface area (Å²) in [6.07, 6.45) is 6.04. The molecular formula is C14H27NO3S.